The molecule has 4 nitrogen and oxygen atoms in total. The third kappa shape index (κ3) is 3.76. The van der Waals surface area contributed by atoms with Crippen LogP contribution in [0.4, 0.5) is 4.39 Å². The number of nitrogens with zero attached hydrogens (tertiary/aromatic N) is 1. The highest BCUT2D eigenvalue weighted by atomic mass is 79.9. The van der Waals surface area contributed by atoms with Gasteiger partial charge in [0.2, 0.25) is 5.91 Å². The fourth-order valence-electron chi connectivity index (χ4n) is 1.85. The van der Waals surface area contributed by atoms with E-state index in [0.717, 1.165) is 0 Å². The molecular weight excluding hydrogens is 317 g/mol. The number of carbonyl (C=O) groups is 2. The summed E-state index contributed by atoms with van der Waals surface area (Å²) >= 11 is 3.02. The number of aliphatic carboxylic acids is 1. The summed E-state index contributed by atoms with van der Waals surface area (Å²) in [5.74, 6) is -1.94. The van der Waals surface area contributed by atoms with E-state index in [4.69, 9.17) is 0 Å². The van der Waals surface area contributed by atoms with Crippen molar-refractivity contribution in [3.63, 3.8) is 0 Å². The van der Waals surface area contributed by atoms with Crippen LogP contribution in [0, 0.1) is 5.82 Å². The van der Waals surface area contributed by atoms with Gasteiger partial charge >= 0.3 is 5.97 Å². The van der Waals surface area contributed by atoms with Crippen molar-refractivity contribution in [1.29, 1.82) is 0 Å². The van der Waals surface area contributed by atoms with Crippen LogP contribution in [0.1, 0.15) is 31.9 Å². The van der Waals surface area contributed by atoms with Crippen LogP contribution in [0.2, 0.25) is 0 Å². The van der Waals surface area contributed by atoms with Gasteiger partial charge in [0.1, 0.15) is 5.82 Å². The van der Waals surface area contributed by atoms with E-state index in [1.54, 1.807) is 0 Å². The van der Waals surface area contributed by atoms with E-state index in [0.29, 0.717) is 18.5 Å². The molecule has 0 saturated carbocycles. The lowest BCUT2D eigenvalue weighted by atomic mass is 10.0. The molecule has 19 heavy (non-hydrogen) atoms. The number of carboxylic acid groups (broad SMARTS) is 1. The number of carboxylic acids is 1. The van der Waals surface area contributed by atoms with Gasteiger partial charge in [-0.25, -0.2) is 9.18 Å². The zero-order chi connectivity index (χ0) is 14.6. The molecule has 1 amide bonds. The van der Waals surface area contributed by atoms with E-state index < -0.39 is 17.8 Å². The summed E-state index contributed by atoms with van der Waals surface area (Å²) in [6.45, 7) is 3.51. The third-order valence-electron chi connectivity index (χ3n) is 2.67. The van der Waals surface area contributed by atoms with Gasteiger partial charge in [-0.3, -0.25) is 4.79 Å². The van der Waals surface area contributed by atoms with Gasteiger partial charge in [0, 0.05) is 13.5 Å². The lowest BCUT2D eigenvalue weighted by Gasteiger charge is -2.28. The molecule has 0 aromatic heterocycles. The van der Waals surface area contributed by atoms with Crippen LogP contribution in [0.3, 0.4) is 0 Å². The number of benzene rings is 1. The largest absolute Gasteiger partial charge is 0.479 e. The first-order valence-electron chi connectivity index (χ1n) is 5.83. The van der Waals surface area contributed by atoms with Crippen molar-refractivity contribution in [2.75, 3.05) is 6.54 Å². The highest BCUT2D eigenvalue weighted by molar-refractivity contribution is 9.10. The zero-order valence-corrected chi connectivity index (χ0v) is 12.3. The lowest BCUT2D eigenvalue weighted by molar-refractivity contribution is -0.149. The molecule has 0 heterocycles. The summed E-state index contributed by atoms with van der Waals surface area (Å²) in [7, 11) is 0. The third-order valence-corrected chi connectivity index (χ3v) is 3.28. The maximum Gasteiger partial charge on any atom is 0.331 e. The first-order chi connectivity index (χ1) is 8.88. The van der Waals surface area contributed by atoms with Gasteiger partial charge in [0.25, 0.3) is 0 Å². The molecule has 1 aromatic carbocycles. The van der Waals surface area contributed by atoms with E-state index in [2.05, 4.69) is 15.9 Å². The minimum Gasteiger partial charge on any atom is -0.479 e. The van der Waals surface area contributed by atoms with Crippen molar-refractivity contribution in [1.82, 2.24) is 4.90 Å². The Kier molecular flexibility index (Phi) is 5.47. The van der Waals surface area contributed by atoms with Crippen LogP contribution < -0.4 is 0 Å². The second-order valence-corrected chi connectivity index (χ2v) is 4.98. The highest BCUT2D eigenvalue weighted by Gasteiger charge is 2.29. The molecule has 1 atom stereocenters. The average Bonchev–Trinajstić information content (AvgIpc) is 2.32. The van der Waals surface area contributed by atoms with Crippen molar-refractivity contribution in [2.24, 2.45) is 0 Å². The second kappa shape index (κ2) is 6.65. The fraction of sp³-hybridized carbons (Fsp3) is 0.385. The summed E-state index contributed by atoms with van der Waals surface area (Å²) in [5.41, 5.74) is 0.365. The normalized spacial score (nSPS) is 12.0. The van der Waals surface area contributed by atoms with Crippen molar-refractivity contribution in [2.45, 2.75) is 26.3 Å². The van der Waals surface area contributed by atoms with Crippen molar-refractivity contribution >= 4 is 27.8 Å². The van der Waals surface area contributed by atoms with Crippen LogP contribution in [0.5, 0.6) is 0 Å². The Hall–Kier alpha value is -1.43. The molecular formula is C13H15BrFNO3. The van der Waals surface area contributed by atoms with Gasteiger partial charge in [-0.2, -0.15) is 0 Å². The highest BCUT2D eigenvalue weighted by Crippen LogP contribution is 2.26. The number of hydrogen-bond donors (Lipinski definition) is 1. The summed E-state index contributed by atoms with van der Waals surface area (Å²) in [4.78, 5) is 24.3. The van der Waals surface area contributed by atoms with Gasteiger partial charge in [0.05, 0.1) is 4.47 Å². The fourth-order valence-corrected chi connectivity index (χ4v) is 2.24. The molecule has 0 bridgehead atoms. The summed E-state index contributed by atoms with van der Waals surface area (Å²) < 4.78 is 13.4. The number of carbonyl (C=O) groups excluding carboxylic acids is 1. The van der Waals surface area contributed by atoms with Gasteiger partial charge < -0.3 is 10.0 Å². The average molecular weight is 332 g/mol. The summed E-state index contributed by atoms with van der Waals surface area (Å²) in [5, 5.41) is 9.33. The summed E-state index contributed by atoms with van der Waals surface area (Å²) in [6.07, 6.45) is 0.645. The molecule has 1 rings (SSSR count). The molecule has 1 unspecified atom stereocenters. The van der Waals surface area contributed by atoms with E-state index in [-0.39, 0.29) is 10.4 Å². The van der Waals surface area contributed by atoms with Gasteiger partial charge in [-0.05, 0) is 40.0 Å². The van der Waals surface area contributed by atoms with Crippen molar-refractivity contribution in [3.05, 3.63) is 34.1 Å². The SMILES string of the molecule is CCCN(C(C)=O)C(C(=O)O)c1ccc(F)c(Br)c1. The number of amides is 1. The van der Waals surface area contributed by atoms with Gasteiger partial charge in [-0.15, -0.1) is 0 Å². The molecule has 1 aromatic rings. The smallest absolute Gasteiger partial charge is 0.331 e. The number of rotatable bonds is 5. The van der Waals surface area contributed by atoms with E-state index in [1.165, 1.54) is 30.0 Å². The quantitative estimate of drug-likeness (QED) is 0.902. The molecule has 1 N–H and O–H groups in total. The Morgan fingerprint density at radius 3 is 2.53 bits per heavy atom. The van der Waals surface area contributed by atoms with Crippen LogP contribution in [-0.4, -0.2) is 28.4 Å². The predicted octanol–water partition coefficient (Wildman–Crippen LogP) is 2.97. The van der Waals surface area contributed by atoms with E-state index in [1.807, 2.05) is 6.92 Å². The monoisotopic (exact) mass is 331 g/mol. The van der Waals surface area contributed by atoms with Crippen molar-refractivity contribution in [3.8, 4) is 0 Å². The zero-order valence-electron chi connectivity index (χ0n) is 10.7. The Balaban J connectivity index is 3.21. The molecule has 0 aliphatic carbocycles. The Bertz CT molecular complexity index is 493. The van der Waals surface area contributed by atoms with Crippen molar-refractivity contribution < 1.29 is 19.1 Å². The van der Waals surface area contributed by atoms with Crippen LogP contribution in [0.25, 0.3) is 0 Å². The maximum absolute atomic E-state index is 13.2. The standard InChI is InChI=1S/C13H15BrFNO3/c1-3-6-16(8(2)17)12(13(18)19)9-4-5-11(15)10(14)7-9/h4-5,7,12H,3,6H2,1-2H3,(H,18,19). The summed E-state index contributed by atoms with van der Waals surface area (Å²) in [6, 6.07) is 2.85. The molecule has 0 aliphatic heterocycles. The van der Waals surface area contributed by atoms with Crippen LogP contribution in [0.15, 0.2) is 22.7 Å². The molecule has 0 saturated heterocycles. The first kappa shape index (κ1) is 15.6. The number of halogens is 2. The molecule has 6 heteroatoms. The van der Waals surface area contributed by atoms with E-state index in [9.17, 15) is 19.1 Å². The lowest BCUT2D eigenvalue weighted by Crippen LogP contribution is -2.38. The van der Waals surface area contributed by atoms with E-state index >= 15 is 0 Å². The Labute approximate surface area is 119 Å². The van der Waals surface area contributed by atoms with Crippen LogP contribution in [-0.2, 0) is 9.59 Å². The molecule has 0 radical (unpaired) electrons. The molecule has 104 valence electrons. The molecule has 0 fully saturated rings. The van der Waals surface area contributed by atoms with Gasteiger partial charge in [0.15, 0.2) is 6.04 Å². The molecule has 0 spiro atoms. The number of hydrogen-bond acceptors (Lipinski definition) is 2. The second-order valence-electron chi connectivity index (χ2n) is 4.13. The maximum atomic E-state index is 13.2. The Morgan fingerprint density at radius 1 is 1.47 bits per heavy atom. The topological polar surface area (TPSA) is 57.6 Å². The first-order valence-corrected chi connectivity index (χ1v) is 6.62. The van der Waals surface area contributed by atoms with Gasteiger partial charge in [-0.1, -0.05) is 13.0 Å². The Morgan fingerprint density at radius 2 is 2.11 bits per heavy atom. The minimum absolute atomic E-state index is 0.177. The predicted molar refractivity (Wildman–Crippen MR) is 72.2 cm³/mol. The minimum atomic E-state index is -1.14. The van der Waals surface area contributed by atoms with Crippen LogP contribution >= 0.6 is 15.9 Å². The molecule has 0 aliphatic rings.